The van der Waals surface area contributed by atoms with Gasteiger partial charge >= 0.3 is 0 Å². The van der Waals surface area contributed by atoms with E-state index in [2.05, 4.69) is 55.0 Å². The number of aryl methyl sites for hydroxylation is 2. The average molecular weight is 226 g/mol. The van der Waals surface area contributed by atoms with E-state index >= 15 is 0 Å². The van der Waals surface area contributed by atoms with Gasteiger partial charge in [0.25, 0.3) is 0 Å². The summed E-state index contributed by atoms with van der Waals surface area (Å²) in [7, 11) is 0. The van der Waals surface area contributed by atoms with Crippen LogP contribution in [0.25, 0.3) is 6.08 Å². The van der Waals surface area contributed by atoms with Gasteiger partial charge in [0, 0.05) is 0 Å². The van der Waals surface area contributed by atoms with Crippen LogP contribution < -0.4 is 0 Å². The topological polar surface area (TPSA) is 28.7 Å². The van der Waals surface area contributed by atoms with Crippen LogP contribution in [-0.2, 0) is 6.42 Å². The Hall–Kier alpha value is -1.83. The van der Waals surface area contributed by atoms with Crippen LogP contribution in [0.1, 0.15) is 29.3 Å². The first kappa shape index (κ1) is 11.6. The highest BCUT2D eigenvalue weighted by atomic mass is 14.8. The Kier molecular flexibility index (Phi) is 3.43. The molecule has 2 heteroatoms. The van der Waals surface area contributed by atoms with E-state index in [4.69, 9.17) is 0 Å². The van der Waals surface area contributed by atoms with E-state index in [9.17, 15) is 0 Å². The summed E-state index contributed by atoms with van der Waals surface area (Å²) in [5.74, 6) is 0. The fourth-order valence-corrected chi connectivity index (χ4v) is 2.07. The zero-order valence-electron chi connectivity index (χ0n) is 10.6. The molecule has 0 spiro atoms. The Bertz CT molecular complexity index is 502. The van der Waals surface area contributed by atoms with Crippen molar-refractivity contribution in [3.05, 3.63) is 58.7 Å². The molecule has 17 heavy (non-hydrogen) atoms. The number of allylic oxidation sites excluding steroid dienone is 1. The molecule has 1 aromatic carbocycles. The van der Waals surface area contributed by atoms with E-state index in [0.29, 0.717) is 0 Å². The van der Waals surface area contributed by atoms with Crippen molar-refractivity contribution in [3.63, 3.8) is 0 Å². The molecule has 1 N–H and O–H groups in total. The molecule has 0 fully saturated rings. The minimum absolute atomic E-state index is 0.998. The molecule has 0 aliphatic rings. The number of benzene rings is 1. The number of aromatic amines is 1. The van der Waals surface area contributed by atoms with Crippen molar-refractivity contribution in [2.75, 3.05) is 0 Å². The molecule has 0 aliphatic carbocycles. The van der Waals surface area contributed by atoms with Gasteiger partial charge in [-0.15, -0.1) is 0 Å². The van der Waals surface area contributed by atoms with Crippen LogP contribution in [-0.4, -0.2) is 9.97 Å². The molecule has 2 rings (SSSR count). The number of aromatic nitrogens is 2. The van der Waals surface area contributed by atoms with Gasteiger partial charge in [-0.05, 0) is 50.0 Å². The Morgan fingerprint density at radius 1 is 1.29 bits per heavy atom. The van der Waals surface area contributed by atoms with Crippen molar-refractivity contribution in [2.45, 2.75) is 27.2 Å². The van der Waals surface area contributed by atoms with E-state index < -0.39 is 0 Å². The lowest BCUT2D eigenvalue weighted by Gasteiger charge is -2.09. The summed E-state index contributed by atoms with van der Waals surface area (Å²) in [6.45, 7) is 6.50. The first-order valence-corrected chi connectivity index (χ1v) is 5.87. The van der Waals surface area contributed by atoms with Crippen LogP contribution in [0.15, 0.2) is 36.3 Å². The van der Waals surface area contributed by atoms with Crippen LogP contribution in [0.3, 0.4) is 0 Å². The maximum Gasteiger partial charge on any atom is 0.0924 e. The summed E-state index contributed by atoms with van der Waals surface area (Å²) in [5, 5.41) is 0. The van der Waals surface area contributed by atoms with Crippen molar-refractivity contribution >= 4 is 6.08 Å². The Labute approximate surface area is 102 Å². The van der Waals surface area contributed by atoms with Gasteiger partial charge in [-0.3, -0.25) is 0 Å². The van der Waals surface area contributed by atoms with Gasteiger partial charge in [-0.1, -0.05) is 23.8 Å². The highest BCUT2D eigenvalue weighted by molar-refractivity contribution is 5.49. The molecule has 1 heterocycles. The average Bonchev–Trinajstić information content (AvgIpc) is 2.76. The maximum atomic E-state index is 4.02. The third kappa shape index (κ3) is 2.84. The molecule has 0 unspecified atom stereocenters. The van der Waals surface area contributed by atoms with E-state index in [1.54, 1.807) is 6.33 Å². The summed E-state index contributed by atoms with van der Waals surface area (Å²) in [4.78, 5) is 7.11. The summed E-state index contributed by atoms with van der Waals surface area (Å²) < 4.78 is 0. The second-order valence-electron chi connectivity index (χ2n) is 4.54. The molecule has 2 nitrogen and oxygen atoms in total. The standard InChI is InChI=1S/C15H18N2/c1-11(7-14-9-16-10-17-14)8-15-12(2)5-4-6-13(15)3/h4-7,9-10H,8H2,1-3H3,(H,16,17)/b11-7+. The summed E-state index contributed by atoms with van der Waals surface area (Å²) in [6.07, 6.45) is 6.70. The van der Waals surface area contributed by atoms with E-state index in [1.165, 1.54) is 22.3 Å². The predicted molar refractivity (Wildman–Crippen MR) is 71.9 cm³/mol. The normalized spacial score (nSPS) is 11.8. The number of rotatable bonds is 3. The Morgan fingerprint density at radius 3 is 2.59 bits per heavy atom. The lowest BCUT2D eigenvalue weighted by molar-refractivity contribution is 1.10. The minimum atomic E-state index is 0.998. The molecule has 0 saturated carbocycles. The summed E-state index contributed by atoms with van der Waals surface area (Å²) >= 11 is 0. The van der Waals surface area contributed by atoms with Crippen LogP contribution in [0.2, 0.25) is 0 Å². The van der Waals surface area contributed by atoms with Gasteiger partial charge in [0.2, 0.25) is 0 Å². The smallest absolute Gasteiger partial charge is 0.0924 e. The molecule has 88 valence electrons. The van der Waals surface area contributed by atoms with Crippen molar-refractivity contribution < 1.29 is 0 Å². The molecule has 0 aliphatic heterocycles. The van der Waals surface area contributed by atoms with E-state index in [1.807, 2.05) is 6.20 Å². The fraction of sp³-hybridized carbons (Fsp3) is 0.267. The third-order valence-electron chi connectivity index (χ3n) is 3.02. The van der Waals surface area contributed by atoms with Crippen molar-refractivity contribution in [1.82, 2.24) is 9.97 Å². The van der Waals surface area contributed by atoms with Crippen LogP contribution in [0, 0.1) is 13.8 Å². The lowest BCUT2D eigenvalue weighted by Crippen LogP contribution is -1.94. The molecule has 0 saturated heterocycles. The van der Waals surface area contributed by atoms with Crippen LogP contribution >= 0.6 is 0 Å². The zero-order chi connectivity index (χ0) is 12.3. The number of imidazole rings is 1. The Morgan fingerprint density at radius 2 is 2.00 bits per heavy atom. The Balaban J connectivity index is 2.21. The molecule has 1 aromatic heterocycles. The quantitative estimate of drug-likeness (QED) is 0.849. The highest BCUT2D eigenvalue weighted by Gasteiger charge is 2.03. The van der Waals surface area contributed by atoms with Gasteiger partial charge in [-0.2, -0.15) is 0 Å². The minimum Gasteiger partial charge on any atom is -0.345 e. The van der Waals surface area contributed by atoms with Gasteiger partial charge in [0.1, 0.15) is 0 Å². The molecule has 0 bridgehead atoms. The highest BCUT2D eigenvalue weighted by Crippen LogP contribution is 2.18. The summed E-state index contributed by atoms with van der Waals surface area (Å²) in [6, 6.07) is 6.46. The zero-order valence-corrected chi connectivity index (χ0v) is 10.6. The molecular weight excluding hydrogens is 208 g/mol. The molecule has 0 radical (unpaired) electrons. The third-order valence-corrected chi connectivity index (χ3v) is 3.02. The maximum absolute atomic E-state index is 4.02. The second kappa shape index (κ2) is 5.00. The molecule has 0 amide bonds. The first-order chi connectivity index (χ1) is 8.16. The fourth-order valence-electron chi connectivity index (χ4n) is 2.07. The van der Waals surface area contributed by atoms with Crippen LogP contribution in [0.5, 0.6) is 0 Å². The first-order valence-electron chi connectivity index (χ1n) is 5.87. The van der Waals surface area contributed by atoms with Gasteiger partial charge in [0.05, 0.1) is 18.2 Å². The van der Waals surface area contributed by atoms with Crippen molar-refractivity contribution in [1.29, 1.82) is 0 Å². The van der Waals surface area contributed by atoms with E-state index in [-0.39, 0.29) is 0 Å². The van der Waals surface area contributed by atoms with Gasteiger partial charge < -0.3 is 4.98 Å². The van der Waals surface area contributed by atoms with Crippen molar-refractivity contribution in [3.8, 4) is 0 Å². The monoisotopic (exact) mass is 226 g/mol. The lowest BCUT2D eigenvalue weighted by atomic mass is 9.96. The van der Waals surface area contributed by atoms with E-state index in [0.717, 1.165) is 12.1 Å². The number of H-pyrrole nitrogens is 1. The number of nitrogens with zero attached hydrogens (tertiary/aromatic N) is 1. The van der Waals surface area contributed by atoms with Gasteiger partial charge in [-0.25, -0.2) is 4.98 Å². The second-order valence-corrected chi connectivity index (χ2v) is 4.54. The van der Waals surface area contributed by atoms with Gasteiger partial charge in [0.15, 0.2) is 0 Å². The number of hydrogen-bond acceptors (Lipinski definition) is 1. The molecular formula is C15H18N2. The number of hydrogen-bond donors (Lipinski definition) is 1. The number of nitrogens with one attached hydrogen (secondary N) is 1. The molecule has 0 atom stereocenters. The predicted octanol–water partition coefficient (Wildman–Crippen LogP) is 3.67. The molecule has 2 aromatic rings. The van der Waals surface area contributed by atoms with Crippen LogP contribution in [0.4, 0.5) is 0 Å². The largest absolute Gasteiger partial charge is 0.345 e. The SMILES string of the molecule is C/C(=C\c1cnc[nH]1)Cc1c(C)cccc1C. The summed E-state index contributed by atoms with van der Waals surface area (Å²) in [5.41, 5.74) is 6.56. The van der Waals surface area contributed by atoms with Crippen molar-refractivity contribution in [2.24, 2.45) is 0 Å².